The number of aryl methyl sites for hydroxylation is 2. The predicted molar refractivity (Wildman–Crippen MR) is 252 cm³/mol. The van der Waals surface area contributed by atoms with Crippen LogP contribution in [0.15, 0.2) is 97.1 Å². The Labute approximate surface area is 351 Å². The van der Waals surface area contributed by atoms with Crippen LogP contribution in [0.2, 0.25) is 0 Å². The zero-order chi connectivity index (χ0) is 40.2. The SMILES string of the molecule is CCCCCCCCCC(c1ccc(N)cc1)c1ccc(CCCCCCCCCCCc2ccc(C(CCCCCCCCC)c3ccc(N)cc3)cc2)cc1. The molecule has 4 N–H and O–H groups in total. The Balaban J connectivity index is 1.07. The number of hydrogen-bond acceptors (Lipinski definition) is 2. The summed E-state index contributed by atoms with van der Waals surface area (Å²) in [6.45, 7) is 4.59. The Morgan fingerprint density at radius 2 is 0.544 bits per heavy atom. The van der Waals surface area contributed by atoms with Gasteiger partial charge >= 0.3 is 0 Å². The van der Waals surface area contributed by atoms with Crippen LogP contribution in [0.1, 0.15) is 220 Å². The number of benzene rings is 4. The highest BCUT2D eigenvalue weighted by atomic mass is 14.5. The third-order valence-electron chi connectivity index (χ3n) is 12.6. The molecule has 0 amide bonds. The predicted octanol–water partition coefficient (Wildman–Crippen LogP) is 16.7. The van der Waals surface area contributed by atoms with Gasteiger partial charge in [-0.15, -0.1) is 0 Å². The second kappa shape index (κ2) is 28.8. The lowest BCUT2D eigenvalue weighted by molar-refractivity contribution is 0.557. The molecular formula is C55H82N2. The van der Waals surface area contributed by atoms with Crippen LogP contribution < -0.4 is 11.5 Å². The van der Waals surface area contributed by atoms with Gasteiger partial charge in [0.2, 0.25) is 0 Å². The van der Waals surface area contributed by atoms with E-state index in [1.807, 2.05) is 0 Å². The van der Waals surface area contributed by atoms with Gasteiger partial charge in [0.05, 0.1) is 0 Å². The van der Waals surface area contributed by atoms with Crippen LogP contribution >= 0.6 is 0 Å². The standard InChI is InChI=1S/C55H82N2/c1-3-5-7-9-14-20-24-28-54(50-38-42-52(56)43-39-50)48-34-30-46(31-35-48)26-22-18-16-12-11-13-17-19-23-27-47-32-36-49(37-33-47)55(51-40-44-53(57)45-41-51)29-25-21-15-10-8-6-4-2/h30-45,54-55H,3-29,56-57H2,1-2H3. The van der Waals surface area contributed by atoms with Gasteiger partial charge in [-0.25, -0.2) is 0 Å². The number of nitrogens with two attached hydrogens (primary N) is 2. The van der Waals surface area contributed by atoms with Gasteiger partial charge in [-0.2, -0.15) is 0 Å². The molecule has 0 aliphatic rings. The molecule has 0 bridgehead atoms. The molecule has 0 aromatic heterocycles. The number of unbranched alkanes of at least 4 members (excludes halogenated alkanes) is 20. The average molecular weight is 771 g/mol. The minimum atomic E-state index is 0.464. The monoisotopic (exact) mass is 771 g/mol. The van der Waals surface area contributed by atoms with Gasteiger partial charge in [-0.3, -0.25) is 0 Å². The summed E-state index contributed by atoms with van der Waals surface area (Å²) in [4.78, 5) is 0. The zero-order valence-corrected chi connectivity index (χ0v) is 36.6. The van der Waals surface area contributed by atoms with Crippen molar-refractivity contribution in [3.63, 3.8) is 0 Å². The Morgan fingerprint density at radius 3 is 0.842 bits per heavy atom. The molecule has 0 fully saturated rings. The van der Waals surface area contributed by atoms with Crippen LogP contribution in [-0.4, -0.2) is 0 Å². The third kappa shape index (κ3) is 18.7. The molecule has 2 atom stereocenters. The van der Waals surface area contributed by atoms with Gasteiger partial charge in [-0.05, 0) is 96.2 Å². The number of anilines is 2. The summed E-state index contributed by atoms with van der Waals surface area (Å²) in [7, 11) is 0. The van der Waals surface area contributed by atoms with Gasteiger partial charge in [0, 0.05) is 23.2 Å². The van der Waals surface area contributed by atoms with E-state index in [0.29, 0.717) is 11.8 Å². The van der Waals surface area contributed by atoms with Crippen molar-refractivity contribution in [2.45, 2.75) is 199 Å². The average Bonchev–Trinajstić information content (AvgIpc) is 3.23. The van der Waals surface area contributed by atoms with E-state index in [1.165, 1.54) is 207 Å². The Bertz CT molecular complexity index is 1420. The highest BCUT2D eigenvalue weighted by Crippen LogP contribution is 2.33. The molecule has 0 aliphatic carbocycles. The number of hydrogen-bond donors (Lipinski definition) is 2. The minimum absolute atomic E-state index is 0.464. The quantitative estimate of drug-likeness (QED) is 0.0384. The van der Waals surface area contributed by atoms with Crippen LogP contribution in [-0.2, 0) is 12.8 Å². The smallest absolute Gasteiger partial charge is 0.0314 e. The second-order valence-electron chi connectivity index (χ2n) is 17.4. The van der Waals surface area contributed by atoms with Crippen molar-refractivity contribution in [2.24, 2.45) is 0 Å². The third-order valence-corrected chi connectivity index (χ3v) is 12.6. The lowest BCUT2D eigenvalue weighted by Crippen LogP contribution is -2.02. The molecule has 0 saturated carbocycles. The first-order chi connectivity index (χ1) is 28.1. The summed E-state index contributed by atoms with van der Waals surface area (Å²) in [6.07, 6.45) is 36.0. The number of rotatable bonds is 32. The first kappa shape index (κ1) is 46.2. The van der Waals surface area contributed by atoms with E-state index in [9.17, 15) is 0 Å². The van der Waals surface area contributed by atoms with Crippen molar-refractivity contribution in [3.8, 4) is 0 Å². The molecule has 0 aliphatic heterocycles. The highest BCUT2D eigenvalue weighted by Gasteiger charge is 2.16. The van der Waals surface area contributed by atoms with E-state index in [2.05, 4.69) is 111 Å². The second-order valence-corrected chi connectivity index (χ2v) is 17.4. The van der Waals surface area contributed by atoms with Gasteiger partial charge < -0.3 is 11.5 Å². The molecule has 2 heteroatoms. The summed E-state index contributed by atoms with van der Waals surface area (Å²) >= 11 is 0. The molecule has 4 aromatic carbocycles. The molecule has 4 rings (SSSR count). The topological polar surface area (TPSA) is 52.0 Å². The normalized spacial score (nSPS) is 12.5. The maximum atomic E-state index is 6.04. The lowest BCUT2D eigenvalue weighted by atomic mass is 9.86. The van der Waals surface area contributed by atoms with Crippen LogP contribution in [0.5, 0.6) is 0 Å². The van der Waals surface area contributed by atoms with E-state index in [0.717, 1.165) is 11.4 Å². The van der Waals surface area contributed by atoms with Crippen molar-refractivity contribution in [1.29, 1.82) is 0 Å². The Morgan fingerprint density at radius 1 is 0.298 bits per heavy atom. The molecule has 312 valence electrons. The van der Waals surface area contributed by atoms with Crippen molar-refractivity contribution in [2.75, 3.05) is 11.5 Å². The van der Waals surface area contributed by atoms with Crippen LogP contribution in [0.3, 0.4) is 0 Å². The van der Waals surface area contributed by atoms with E-state index in [1.54, 1.807) is 0 Å². The molecule has 57 heavy (non-hydrogen) atoms. The van der Waals surface area contributed by atoms with Gasteiger partial charge in [-0.1, -0.05) is 221 Å². The van der Waals surface area contributed by atoms with Crippen molar-refractivity contribution >= 4 is 11.4 Å². The highest BCUT2D eigenvalue weighted by molar-refractivity contribution is 5.44. The first-order valence-electron chi connectivity index (χ1n) is 24.0. The molecule has 2 unspecified atom stereocenters. The van der Waals surface area contributed by atoms with Crippen LogP contribution in [0.25, 0.3) is 0 Å². The molecule has 4 aromatic rings. The number of nitrogen functional groups attached to an aromatic ring is 2. The molecule has 0 radical (unpaired) electrons. The zero-order valence-electron chi connectivity index (χ0n) is 36.6. The van der Waals surface area contributed by atoms with Crippen LogP contribution in [0, 0.1) is 0 Å². The van der Waals surface area contributed by atoms with Crippen molar-refractivity contribution in [1.82, 2.24) is 0 Å². The summed E-state index contributed by atoms with van der Waals surface area (Å²) < 4.78 is 0. The summed E-state index contributed by atoms with van der Waals surface area (Å²) in [6, 6.07) is 36.5. The van der Waals surface area contributed by atoms with Gasteiger partial charge in [0.25, 0.3) is 0 Å². The largest absolute Gasteiger partial charge is 0.399 e. The van der Waals surface area contributed by atoms with E-state index < -0.39 is 0 Å². The summed E-state index contributed by atoms with van der Waals surface area (Å²) in [5.74, 6) is 0.927. The molecular weight excluding hydrogens is 689 g/mol. The Kier molecular flexibility index (Phi) is 23.3. The Hall–Kier alpha value is -3.52. The molecule has 0 heterocycles. The van der Waals surface area contributed by atoms with E-state index in [4.69, 9.17) is 11.5 Å². The lowest BCUT2D eigenvalue weighted by Gasteiger charge is -2.19. The fourth-order valence-electron chi connectivity index (χ4n) is 8.85. The molecule has 2 nitrogen and oxygen atoms in total. The fourth-order valence-corrected chi connectivity index (χ4v) is 8.85. The summed E-state index contributed by atoms with van der Waals surface area (Å²) in [5.41, 5.74) is 22.5. The van der Waals surface area contributed by atoms with Gasteiger partial charge in [0.1, 0.15) is 0 Å². The van der Waals surface area contributed by atoms with E-state index >= 15 is 0 Å². The van der Waals surface area contributed by atoms with Crippen LogP contribution in [0.4, 0.5) is 11.4 Å². The minimum Gasteiger partial charge on any atom is -0.399 e. The summed E-state index contributed by atoms with van der Waals surface area (Å²) in [5, 5.41) is 0. The maximum Gasteiger partial charge on any atom is 0.0314 e. The van der Waals surface area contributed by atoms with Crippen molar-refractivity contribution < 1.29 is 0 Å². The fraction of sp³-hybridized carbons (Fsp3) is 0.564. The van der Waals surface area contributed by atoms with E-state index in [-0.39, 0.29) is 0 Å². The molecule has 0 saturated heterocycles. The van der Waals surface area contributed by atoms with Gasteiger partial charge in [0.15, 0.2) is 0 Å². The molecule has 0 spiro atoms. The maximum absolute atomic E-state index is 6.04. The van der Waals surface area contributed by atoms with Crippen molar-refractivity contribution in [3.05, 3.63) is 130 Å². The first-order valence-corrected chi connectivity index (χ1v) is 24.0.